The first kappa shape index (κ1) is 20.0. The lowest BCUT2D eigenvalue weighted by molar-refractivity contribution is 0.0853. The smallest absolute Gasteiger partial charge is 0.375 e. The van der Waals surface area contributed by atoms with Crippen molar-refractivity contribution in [2.24, 2.45) is 0 Å². The molecule has 0 aromatic rings. The van der Waals surface area contributed by atoms with E-state index >= 15 is 0 Å². The predicted octanol–water partition coefficient (Wildman–Crippen LogP) is 4.66. The molecule has 0 heterocycles. The van der Waals surface area contributed by atoms with Gasteiger partial charge in [-0.1, -0.05) is 64.7 Å². The Kier molecular flexibility index (Phi) is 12.8. The van der Waals surface area contributed by atoms with Crippen molar-refractivity contribution < 1.29 is 17.7 Å². The summed E-state index contributed by atoms with van der Waals surface area (Å²) in [4.78, 5) is 0. The van der Waals surface area contributed by atoms with Gasteiger partial charge in [-0.2, -0.15) is 0 Å². The SMILES string of the molecule is CCCCCCCCCCCC(F)[Si](OC)(OC)OC. The van der Waals surface area contributed by atoms with Crippen LogP contribution < -0.4 is 0 Å². The molecule has 3 nitrogen and oxygen atoms in total. The Morgan fingerprint density at radius 1 is 0.750 bits per heavy atom. The second-order valence-corrected chi connectivity index (χ2v) is 8.36. The molecule has 0 aromatic carbocycles. The molecule has 0 aliphatic rings. The molecule has 0 aliphatic heterocycles. The van der Waals surface area contributed by atoms with E-state index in [9.17, 15) is 4.39 Å². The number of unbranched alkanes of at least 4 members (excludes halogenated alkanes) is 8. The van der Waals surface area contributed by atoms with E-state index in [0.29, 0.717) is 6.42 Å². The second kappa shape index (κ2) is 12.7. The van der Waals surface area contributed by atoms with Gasteiger partial charge in [0.1, 0.15) is 0 Å². The van der Waals surface area contributed by atoms with Crippen LogP contribution in [0.1, 0.15) is 71.1 Å². The highest BCUT2D eigenvalue weighted by Crippen LogP contribution is 2.21. The number of hydrogen-bond acceptors (Lipinski definition) is 3. The van der Waals surface area contributed by atoms with E-state index in [0.717, 1.165) is 12.8 Å². The first-order chi connectivity index (χ1) is 9.66. The van der Waals surface area contributed by atoms with E-state index in [1.807, 2.05) is 0 Å². The molecule has 0 spiro atoms. The largest absolute Gasteiger partial charge is 0.536 e. The zero-order valence-electron chi connectivity index (χ0n) is 13.8. The maximum atomic E-state index is 14.1. The Labute approximate surface area is 125 Å². The second-order valence-electron chi connectivity index (χ2n) is 5.30. The molecule has 0 radical (unpaired) electrons. The highest BCUT2D eigenvalue weighted by atomic mass is 28.4. The van der Waals surface area contributed by atoms with E-state index in [1.54, 1.807) is 0 Å². The third kappa shape index (κ3) is 7.72. The number of alkyl halides is 1. The van der Waals surface area contributed by atoms with Crippen LogP contribution in [0.15, 0.2) is 0 Å². The average Bonchev–Trinajstić information content (AvgIpc) is 2.48. The zero-order valence-corrected chi connectivity index (χ0v) is 14.8. The van der Waals surface area contributed by atoms with Gasteiger partial charge >= 0.3 is 8.80 Å². The van der Waals surface area contributed by atoms with Gasteiger partial charge in [0, 0.05) is 21.3 Å². The summed E-state index contributed by atoms with van der Waals surface area (Å²) in [5.41, 5.74) is 0. The minimum Gasteiger partial charge on any atom is -0.375 e. The molecular weight excluding hydrogens is 275 g/mol. The van der Waals surface area contributed by atoms with Crippen LogP contribution in [0.3, 0.4) is 0 Å². The minimum atomic E-state index is -3.08. The maximum Gasteiger partial charge on any atom is 0.536 e. The number of rotatable bonds is 14. The molecule has 0 aliphatic carbocycles. The molecule has 5 heteroatoms. The van der Waals surface area contributed by atoms with Gasteiger partial charge in [-0.15, -0.1) is 0 Å². The fourth-order valence-corrected chi connectivity index (χ4v) is 4.27. The molecule has 122 valence electrons. The first-order valence-corrected chi connectivity index (χ1v) is 9.76. The third-order valence-corrected chi connectivity index (χ3v) is 6.56. The molecule has 1 unspecified atom stereocenters. The summed E-state index contributed by atoms with van der Waals surface area (Å²) in [6, 6.07) is 0. The highest BCUT2D eigenvalue weighted by molar-refractivity contribution is 6.62. The van der Waals surface area contributed by atoms with Crippen LogP contribution in [-0.2, 0) is 13.3 Å². The van der Waals surface area contributed by atoms with E-state index in [-0.39, 0.29) is 0 Å². The van der Waals surface area contributed by atoms with Crippen molar-refractivity contribution in [1.82, 2.24) is 0 Å². The van der Waals surface area contributed by atoms with Crippen molar-refractivity contribution >= 4 is 8.80 Å². The van der Waals surface area contributed by atoms with Gasteiger partial charge in [0.2, 0.25) is 0 Å². The van der Waals surface area contributed by atoms with Crippen molar-refractivity contribution in [3.63, 3.8) is 0 Å². The molecular formula is C15H33FO3Si. The van der Waals surface area contributed by atoms with Crippen LogP contribution in [0, 0.1) is 0 Å². The predicted molar refractivity (Wildman–Crippen MR) is 83.5 cm³/mol. The number of hydrogen-bond donors (Lipinski definition) is 0. The van der Waals surface area contributed by atoms with Crippen molar-refractivity contribution in [2.45, 2.75) is 76.9 Å². The van der Waals surface area contributed by atoms with Crippen LogP contribution in [0.5, 0.6) is 0 Å². The van der Waals surface area contributed by atoms with Gasteiger partial charge < -0.3 is 13.3 Å². The Morgan fingerprint density at radius 2 is 1.15 bits per heavy atom. The molecule has 1 atom stereocenters. The lowest BCUT2D eigenvalue weighted by atomic mass is 10.1. The van der Waals surface area contributed by atoms with Crippen LogP contribution >= 0.6 is 0 Å². The van der Waals surface area contributed by atoms with Gasteiger partial charge in [-0.25, -0.2) is 4.39 Å². The fourth-order valence-electron chi connectivity index (χ4n) is 2.44. The Balaban J connectivity index is 3.59. The van der Waals surface area contributed by atoms with Crippen molar-refractivity contribution in [2.75, 3.05) is 21.3 Å². The van der Waals surface area contributed by atoms with E-state index < -0.39 is 14.6 Å². The first-order valence-electron chi connectivity index (χ1n) is 7.96. The minimum absolute atomic E-state index is 0.470. The lowest BCUT2D eigenvalue weighted by Gasteiger charge is -2.27. The fraction of sp³-hybridized carbons (Fsp3) is 1.00. The van der Waals surface area contributed by atoms with E-state index in [2.05, 4.69) is 6.92 Å². The Bertz CT molecular complexity index is 205. The summed E-state index contributed by atoms with van der Waals surface area (Å²) in [6.45, 7) is 2.23. The van der Waals surface area contributed by atoms with Gasteiger partial charge in [0.05, 0.1) is 0 Å². The van der Waals surface area contributed by atoms with Crippen molar-refractivity contribution in [1.29, 1.82) is 0 Å². The summed E-state index contributed by atoms with van der Waals surface area (Å²) in [5, 5.41) is 0. The summed E-state index contributed by atoms with van der Waals surface area (Å²) >= 11 is 0. The van der Waals surface area contributed by atoms with Gasteiger partial charge in [-0.05, 0) is 6.42 Å². The van der Waals surface area contributed by atoms with E-state index in [4.69, 9.17) is 13.3 Å². The van der Waals surface area contributed by atoms with Crippen LogP contribution in [0.25, 0.3) is 0 Å². The van der Waals surface area contributed by atoms with Crippen molar-refractivity contribution in [3.8, 4) is 0 Å². The van der Waals surface area contributed by atoms with Gasteiger partial charge in [0.15, 0.2) is 5.79 Å². The van der Waals surface area contributed by atoms with Gasteiger partial charge in [-0.3, -0.25) is 0 Å². The summed E-state index contributed by atoms with van der Waals surface area (Å²) in [5.74, 6) is -1.12. The maximum absolute atomic E-state index is 14.1. The highest BCUT2D eigenvalue weighted by Gasteiger charge is 2.47. The Morgan fingerprint density at radius 3 is 1.55 bits per heavy atom. The normalized spacial score (nSPS) is 13.7. The molecule has 0 saturated carbocycles. The summed E-state index contributed by atoms with van der Waals surface area (Å²) in [6.07, 6.45) is 11.5. The third-order valence-electron chi connectivity index (χ3n) is 3.80. The van der Waals surface area contributed by atoms with Crippen molar-refractivity contribution in [3.05, 3.63) is 0 Å². The van der Waals surface area contributed by atoms with E-state index in [1.165, 1.54) is 66.3 Å². The molecule has 0 fully saturated rings. The summed E-state index contributed by atoms with van der Waals surface area (Å²) in [7, 11) is 1.30. The summed E-state index contributed by atoms with van der Waals surface area (Å²) < 4.78 is 29.6. The average molecular weight is 309 g/mol. The molecule has 0 rings (SSSR count). The zero-order chi connectivity index (χ0) is 15.3. The van der Waals surface area contributed by atoms with Gasteiger partial charge in [0.25, 0.3) is 0 Å². The molecule has 0 saturated heterocycles. The molecule has 20 heavy (non-hydrogen) atoms. The number of halogens is 1. The Hall–Kier alpha value is 0.0269. The molecule has 0 amide bonds. The topological polar surface area (TPSA) is 27.7 Å². The monoisotopic (exact) mass is 308 g/mol. The quantitative estimate of drug-likeness (QED) is 0.345. The standard InChI is InChI=1S/C15H33FO3Si/c1-5-6-7-8-9-10-11-12-13-14-15(16)20(17-2,18-3)19-4/h15H,5-14H2,1-4H3. The van der Waals surface area contributed by atoms with Crippen LogP contribution in [0.4, 0.5) is 4.39 Å². The molecule has 0 N–H and O–H groups in total. The molecule has 0 aromatic heterocycles. The van der Waals surface area contributed by atoms with Crippen LogP contribution in [-0.4, -0.2) is 35.9 Å². The lowest BCUT2D eigenvalue weighted by Crippen LogP contribution is -2.52. The molecule has 0 bridgehead atoms. The van der Waals surface area contributed by atoms with Crippen LogP contribution in [0.2, 0.25) is 0 Å².